The molecule has 0 aromatic heterocycles. The van der Waals surface area contributed by atoms with Gasteiger partial charge < -0.3 is 10.2 Å². The first-order chi connectivity index (χ1) is 12.5. The van der Waals surface area contributed by atoms with Gasteiger partial charge in [0.15, 0.2) is 0 Å². The summed E-state index contributed by atoms with van der Waals surface area (Å²) in [7, 11) is 0. The second-order valence-electron chi connectivity index (χ2n) is 8.50. The Morgan fingerprint density at radius 3 is 2.35 bits per heavy atom. The molecular formula is C22H35N3O. The Balaban J connectivity index is 1.46. The number of aryl methyl sites for hydroxylation is 2. The van der Waals surface area contributed by atoms with Gasteiger partial charge in [0.05, 0.1) is 12.6 Å². The second kappa shape index (κ2) is 9.01. The molecule has 0 bridgehead atoms. The monoisotopic (exact) mass is 357 g/mol. The molecule has 1 aliphatic heterocycles. The topological polar surface area (TPSA) is 35.6 Å². The molecule has 1 amide bonds. The summed E-state index contributed by atoms with van der Waals surface area (Å²) in [6.45, 7) is 12.4. The SMILES string of the molecule is CC(C)CN1CCN(CC(=O)NC(C)c2ccc3c(c2)CCCC3)CC1. The Morgan fingerprint density at radius 1 is 1.00 bits per heavy atom. The molecule has 144 valence electrons. The summed E-state index contributed by atoms with van der Waals surface area (Å²) >= 11 is 0. The van der Waals surface area contributed by atoms with Gasteiger partial charge in [0, 0.05) is 32.7 Å². The van der Waals surface area contributed by atoms with E-state index in [0.717, 1.165) is 32.7 Å². The number of carbonyl (C=O) groups excluding carboxylic acids is 1. The summed E-state index contributed by atoms with van der Waals surface area (Å²) in [6, 6.07) is 6.85. The van der Waals surface area contributed by atoms with Crippen LogP contribution in [0.4, 0.5) is 0 Å². The average molecular weight is 358 g/mol. The van der Waals surface area contributed by atoms with Crippen molar-refractivity contribution in [1.82, 2.24) is 15.1 Å². The normalized spacial score (nSPS) is 20.0. The smallest absolute Gasteiger partial charge is 0.234 e. The Hall–Kier alpha value is -1.39. The Morgan fingerprint density at radius 2 is 1.65 bits per heavy atom. The largest absolute Gasteiger partial charge is 0.348 e. The number of amides is 1. The van der Waals surface area contributed by atoms with Crippen LogP contribution in [0.25, 0.3) is 0 Å². The molecule has 1 aliphatic carbocycles. The number of nitrogens with zero attached hydrogens (tertiary/aromatic N) is 2. The quantitative estimate of drug-likeness (QED) is 0.850. The highest BCUT2D eigenvalue weighted by Crippen LogP contribution is 2.24. The van der Waals surface area contributed by atoms with E-state index in [4.69, 9.17) is 0 Å². The Bertz CT molecular complexity index is 605. The van der Waals surface area contributed by atoms with Crippen molar-refractivity contribution in [2.75, 3.05) is 39.3 Å². The molecule has 2 aliphatic rings. The summed E-state index contributed by atoms with van der Waals surface area (Å²) in [5, 5.41) is 3.20. The van der Waals surface area contributed by atoms with Crippen molar-refractivity contribution < 1.29 is 4.79 Å². The number of carbonyl (C=O) groups is 1. The highest BCUT2D eigenvalue weighted by atomic mass is 16.2. The standard InChI is InChI=1S/C22H35N3O/c1-17(2)15-24-10-12-25(13-11-24)16-22(26)23-18(3)20-9-8-19-6-4-5-7-21(19)14-20/h8-9,14,17-18H,4-7,10-13,15-16H2,1-3H3,(H,23,26). The van der Waals surface area contributed by atoms with E-state index in [9.17, 15) is 4.79 Å². The van der Waals surface area contributed by atoms with Crippen molar-refractivity contribution >= 4 is 5.91 Å². The van der Waals surface area contributed by atoms with Crippen LogP contribution in [0.3, 0.4) is 0 Å². The number of fused-ring (bicyclic) bond motifs is 1. The lowest BCUT2D eigenvalue weighted by Gasteiger charge is -2.35. The van der Waals surface area contributed by atoms with E-state index in [-0.39, 0.29) is 11.9 Å². The fourth-order valence-corrected chi connectivity index (χ4v) is 4.24. The Kier molecular flexibility index (Phi) is 6.71. The van der Waals surface area contributed by atoms with Crippen molar-refractivity contribution in [2.24, 2.45) is 5.92 Å². The van der Waals surface area contributed by atoms with Crippen LogP contribution in [-0.2, 0) is 17.6 Å². The zero-order chi connectivity index (χ0) is 18.5. The number of hydrogen-bond donors (Lipinski definition) is 1. The van der Waals surface area contributed by atoms with E-state index in [1.807, 2.05) is 0 Å². The molecule has 1 fully saturated rings. The van der Waals surface area contributed by atoms with Gasteiger partial charge in [-0.25, -0.2) is 0 Å². The summed E-state index contributed by atoms with van der Waals surface area (Å²) in [5.41, 5.74) is 4.22. The van der Waals surface area contributed by atoms with Gasteiger partial charge in [-0.15, -0.1) is 0 Å². The first-order valence-corrected chi connectivity index (χ1v) is 10.4. The van der Waals surface area contributed by atoms with Gasteiger partial charge in [-0.2, -0.15) is 0 Å². The molecule has 4 nitrogen and oxygen atoms in total. The third-order valence-corrected chi connectivity index (χ3v) is 5.71. The van der Waals surface area contributed by atoms with Crippen molar-refractivity contribution in [3.63, 3.8) is 0 Å². The third kappa shape index (κ3) is 5.31. The van der Waals surface area contributed by atoms with Gasteiger partial charge in [-0.3, -0.25) is 9.69 Å². The van der Waals surface area contributed by atoms with Crippen molar-refractivity contribution in [2.45, 2.75) is 52.5 Å². The van der Waals surface area contributed by atoms with E-state index >= 15 is 0 Å². The summed E-state index contributed by atoms with van der Waals surface area (Å²) in [4.78, 5) is 17.3. The molecule has 1 aromatic rings. The van der Waals surface area contributed by atoms with E-state index in [1.165, 1.54) is 42.4 Å². The lowest BCUT2D eigenvalue weighted by atomic mass is 9.89. The molecule has 0 spiro atoms. The minimum Gasteiger partial charge on any atom is -0.348 e. The van der Waals surface area contributed by atoms with Crippen LogP contribution < -0.4 is 5.32 Å². The lowest BCUT2D eigenvalue weighted by Crippen LogP contribution is -2.50. The predicted molar refractivity (Wildman–Crippen MR) is 107 cm³/mol. The Labute approximate surface area is 158 Å². The molecule has 4 heteroatoms. The fourth-order valence-electron chi connectivity index (χ4n) is 4.24. The summed E-state index contributed by atoms with van der Waals surface area (Å²) in [5.74, 6) is 0.856. The van der Waals surface area contributed by atoms with Gasteiger partial charge in [0.25, 0.3) is 0 Å². The van der Waals surface area contributed by atoms with E-state index in [2.05, 4.69) is 54.1 Å². The van der Waals surface area contributed by atoms with E-state index in [0.29, 0.717) is 12.5 Å². The molecule has 1 N–H and O–H groups in total. The van der Waals surface area contributed by atoms with Crippen LogP contribution in [-0.4, -0.2) is 55.0 Å². The zero-order valence-electron chi connectivity index (χ0n) is 16.8. The number of hydrogen-bond acceptors (Lipinski definition) is 3. The minimum absolute atomic E-state index is 0.0805. The molecule has 1 saturated heterocycles. The van der Waals surface area contributed by atoms with Crippen LogP contribution in [0.5, 0.6) is 0 Å². The second-order valence-corrected chi connectivity index (χ2v) is 8.50. The molecule has 0 saturated carbocycles. The highest BCUT2D eigenvalue weighted by Gasteiger charge is 2.20. The maximum absolute atomic E-state index is 12.5. The van der Waals surface area contributed by atoms with E-state index < -0.39 is 0 Å². The van der Waals surface area contributed by atoms with Gasteiger partial charge in [0.2, 0.25) is 5.91 Å². The summed E-state index contributed by atoms with van der Waals surface area (Å²) < 4.78 is 0. The first-order valence-electron chi connectivity index (χ1n) is 10.4. The van der Waals surface area contributed by atoms with Gasteiger partial charge >= 0.3 is 0 Å². The van der Waals surface area contributed by atoms with Crippen LogP contribution >= 0.6 is 0 Å². The fraction of sp³-hybridized carbons (Fsp3) is 0.682. The van der Waals surface area contributed by atoms with Crippen molar-refractivity contribution in [3.05, 3.63) is 34.9 Å². The maximum Gasteiger partial charge on any atom is 0.234 e. The van der Waals surface area contributed by atoms with Crippen LogP contribution in [0.15, 0.2) is 18.2 Å². The molecule has 3 rings (SSSR count). The molecular weight excluding hydrogens is 322 g/mol. The van der Waals surface area contributed by atoms with Gasteiger partial charge in [0.1, 0.15) is 0 Å². The lowest BCUT2D eigenvalue weighted by molar-refractivity contribution is -0.123. The van der Waals surface area contributed by atoms with Crippen molar-refractivity contribution in [1.29, 1.82) is 0 Å². The molecule has 1 heterocycles. The van der Waals surface area contributed by atoms with Gasteiger partial charge in [-0.05, 0) is 55.2 Å². The van der Waals surface area contributed by atoms with Crippen molar-refractivity contribution in [3.8, 4) is 0 Å². The first kappa shape index (κ1) is 19.4. The molecule has 0 radical (unpaired) electrons. The van der Waals surface area contributed by atoms with Gasteiger partial charge in [-0.1, -0.05) is 32.0 Å². The molecule has 1 atom stereocenters. The molecule has 26 heavy (non-hydrogen) atoms. The number of nitrogens with one attached hydrogen (secondary N) is 1. The van der Waals surface area contributed by atoms with Crippen LogP contribution in [0, 0.1) is 5.92 Å². The molecule has 1 aromatic carbocycles. The minimum atomic E-state index is 0.0805. The van der Waals surface area contributed by atoms with Crippen LogP contribution in [0.2, 0.25) is 0 Å². The summed E-state index contributed by atoms with van der Waals surface area (Å²) in [6.07, 6.45) is 4.99. The number of piperazine rings is 1. The highest BCUT2D eigenvalue weighted by molar-refractivity contribution is 5.78. The number of rotatable bonds is 6. The predicted octanol–water partition coefficient (Wildman–Crippen LogP) is 3.02. The average Bonchev–Trinajstić information content (AvgIpc) is 2.62. The maximum atomic E-state index is 12.5. The molecule has 1 unspecified atom stereocenters. The van der Waals surface area contributed by atoms with Crippen LogP contribution in [0.1, 0.15) is 56.3 Å². The van der Waals surface area contributed by atoms with E-state index in [1.54, 1.807) is 0 Å². The number of benzene rings is 1. The third-order valence-electron chi connectivity index (χ3n) is 5.71. The zero-order valence-corrected chi connectivity index (χ0v) is 16.8.